The van der Waals surface area contributed by atoms with Gasteiger partial charge in [0, 0.05) is 26.4 Å². The molecule has 0 aromatic rings. The molecule has 0 radical (unpaired) electrons. The number of allylic oxidation sites excluding steroid dienone is 1. The zero-order valence-corrected chi connectivity index (χ0v) is 32.4. The minimum Gasteiger partial charge on any atom is -0.450 e. The molecular weight excluding hydrogens is 666 g/mol. The Morgan fingerprint density at radius 1 is 0.627 bits per heavy atom. The van der Waals surface area contributed by atoms with Crippen molar-refractivity contribution in [2.24, 2.45) is 20.0 Å². The Hall–Kier alpha value is -4.32. The topological polar surface area (TPSA) is 258 Å². The van der Waals surface area contributed by atoms with Crippen LogP contribution in [0.15, 0.2) is 32.6 Å². The molecule has 0 aromatic heterocycles. The van der Waals surface area contributed by atoms with Crippen molar-refractivity contribution in [2.45, 2.75) is 122 Å². The summed E-state index contributed by atoms with van der Waals surface area (Å²) >= 11 is 0. The molecule has 0 saturated heterocycles. The first-order chi connectivity index (χ1) is 24.0. The molecule has 0 spiro atoms. The fourth-order valence-electron chi connectivity index (χ4n) is 1.49. The van der Waals surface area contributed by atoms with Crippen molar-refractivity contribution in [1.29, 1.82) is 0 Å². The number of nitrogens with one attached hydrogen (secondary N) is 3. The van der Waals surface area contributed by atoms with Gasteiger partial charge >= 0.3 is 12.1 Å². The summed E-state index contributed by atoms with van der Waals surface area (Å²) in [5.41, 5.74) is 0. The number of hydrogen-bond acceptors (Lipinski definition) is 14. The first kappa shape index (κ1) is 72.4. The quantitative estimate of drug-likeness (QED) is 0.0746. The highest BCUT2D eigenvalue weighted by Crippen LogP contribution is 1.88. The van der Waals surface area contributed by atoms with Crippen LogP contribution in [0, 0.1) is 0 Å². The zero-order chi connectivity index (χ0) is 41.0. The number of unbranched alkanes of at least 4 members (excludes halogenated alkanes) is 4. The summed E-state index contributed by atoms with van der Waals surface area (Å²) in [4.78, 5) is 70.3. The van der Waals surface area contributed by atoms with Crippen molar-refractivity contribution in [3.05, 3.63) is 12.7 Å². The van der Waals surface area contributed by atoms with Crippen LogP contribution < -0.4 is 16.0 Å². The standard InChI is InChI=1S/C5H9N3O2.C5H8N2O3.2C5H12.C4H8.C3H2N2O2.3C2H6O.CH4/c1-2-7-5(10)8-3-6-4-9;1-2-10-5(9)7-3-6-4-8;2*1-3-5-4-2;1-3-4-2;6-2-4-1-5-3-7;3*1-2-3;/h2-3H2,1H3,(H2,7,8,10);2-3H2,1H3,(H,7,9);2*3-5H2,1-2H3;3H,1,4H2,2H3;1H2;3*3H,2H2,1H3;1H4. The summed E-state index contributed by atoms with van der Waals surface area (Å²) in [5, 5.41) is 29.7. The van der Waals surface area contributed by atoms with Crippen molar-refractivity contribution in [1.82, 2.24) is 16.0 Å². The molecule has 6 N–H and O–H groups in total. The predicted molar refractivity (Wildman–Crippen MR) is 205 cm³/mol. The highest BCUT2D eigenvalue weighted by molar-refractivity contribution is 5.73. The second-order valence-corrected chi connectivity index (χ2v) is 7.74. The number of rotatable bonds is 13. The van der Waals surface area contributed by atoms with Gasteiger partial charge in [-0.25, -0.2) is 28.8 Å². The van der Waals surface area contributed by atoms with E-state index < -0.39 is 6.09 Å². The van der Waals surface area contributed by atoms with E-state index in [1.54, 1.807) is 34.6 Å². The second kappa shape index (κ2) is 104. The van der Waals surface area contributed by atoms with E-state index in [2.05, 4.69) is 81.9 Å². The first-order valence-electron chi connectivity index (χ1n) is 16.5. The predicted octanol–water partition coefficient (Wildman–Crippen LogP) is 5.85. The third-order valence-electron chi connectivity index (χ3n) is 3.34. The lowest BCUT2D eigenvalue weighted by molar-refractivity contribution is 0.152. The third-order valence-corrected chi connectivity index (χ3v) is 3.34. The first-order valence-corrected chi connectivity index (χ1v) is 16.5. The molecule has 304 valence electrons. The van der Waals surface area contributed by atoms with E-state index in [0.717, 1.165) is 6.42 Å². The Morgan fingerprint density at radius 3 is 1.16 bits per heavy atom. The summed E-state index contributed by atoms with van der Waals surface area (Å²) in [6.07, 6.45) is 15.5. The van der Waals surface area contributed by atoms with Gasteiger partial charge in [0.25, 0.3) is 0 Å². The molecule has 17 nitrogen and oxygen atoms in total. The van der Waals surface area contributed by atoms with Crippen molar-refractivity contribution < 1.29 is 48.8 Å². The molecule has 51 heavy (non-hydrogen) atoms. The van der Waals surface area contributed by atoms with Gasteiger partial charge < -0.3 is 36.0 Å². The molecule has 3 amide bonds. The van der Waals surface area contributed by atoms with Gasteiger partial charge in [-0.2, -0.15) is 20.0 Å². The Kier molecular flexibility index (Phi) is 147. The number of aliphatic imine (C=N–C) groups is 4. The maximum Gasteiger partial charge on any atom is 0.408 e. The van der Waals surface area contributed by atoms with Gasteiger partial charge in [-0.15, -0.1) is 6.58 Å². The zero-order valence-electron chi connectivity index (χ0n) is 32.4. The monoisotopic (exact) mass is 740 g/mol. The number of aliphatic hydroxyl groups is 3. The Morgan fingerprint density at radius 2 is 0.941 bits per heavy atom. The number of nitrogens with zero attached hydrogens (tertiary/aromatic N) is 4. The number of carbonyl (C=O) groups excluding carboxylic acids is 6. The Bertz CT molecular complexity index is 745. The van der Waals surface area contributed by atoms with Crippen LogP contribution in [-0.2, 0) is 23.9 Å². The van der Waals surface area contributed by atoms with Crippen LogP contribution in [0.3, 0.4) is 0 Å². The van der Waals surface area contributed by atoms with E-state index in [-0.39, 0.29) is 53.3 Å². The number of urea groups is 1. The lowest BCUT2D eigenvalue weighted by atomic mass is 10.3. The van der Waals surface area contributed by atoms with E-state index in [1.165, 1.54) is 62.8 Å². The van der Waals surface area contributed by atoms with Crippen molar-refractivity contribution in [3.63, 3.8) is 0 Å². The smallest absolute Gasteiger partial charge is 0.408 e. The van der Waals surface area contributed by atoms with Crippen LogP contribution in [0.5, 0.6) is 0 Å². The summed E-state index contributed by atoms with van der Waals surface area (Å²) in [6.45, 7) is 24.3. The van der Waals surface area contributed by atoms with Crippen molar-refractivity contribution in [3.8, 4) is 0 Å². The maximum atomic E-state index is 10.5. The molecule has 0 aromatic carbocycles. The highest BCUT2D eigenvalue weighted by Gasteiger charge is 1.95. The molecule has 17 heteroatoms. The summed E-state index contributed by atoms with van der Waals surface area (Å²) < 4.78 is 4.45. The molecule has 0 aliphatic rings. The lowest BCUT2D eigenvalue weighted by Crippen LogP contribution is -2.35. The van der Waals surface area contributed by atoms with E-state index in [0.29, 0.717) is 13.2 Å². The minimum atomic E-state index is -0.582. The molecule has 0 atom stereocenters. The number of alkyl carbamates (subject to hydrolysis) is 1. The van der Waals surface area contributed by atoms with Crippen LogP contribution in [0.1, 0.15) is 122 Å². The van der Waals surface area contributed by atoms with Crippen LogP contribution in [0.2, 0.25) is 0 Å². The van der Waals surface area contributed by atoms with Crippen molar-refractivity contribution >= 4 is 36.4 Å². The van der Waals surface area contributed by atoms with E-state index >= 15 is 0 Å². The normalized spacial score (nSPS) is 7.00. The fraction of sp³-hybridized carbons (Fsp3) is 0.765. The number of aliphatic hydroxyl groups excluding tert-OH is 3. The molecule has 0 heterocycles. The summed E-state index contributed by atoms with van der Waals surface area (Å²) in [7, 11) is 0. The second-order valence-electron chi connectivity index (χ2n) is 7.74. The lowest BCUT2D eigenvalue weighted by Gasteiger charge is -1.99. The van der Waals surface area contributed by atoms with Crippen LogP contribution in [0.4, 0.5) is 9.59 Å². The molecule has 0 saturated carbocycles. The number of hydrogen-bond donors (Lipinski definition) is 6. The number of carbonyl (C=O) groups is 2. The molecule has 0 fully saturated rings. The SMILES string of the molecule is C.C=CCC.CCCCC.CCCCC.CCNC(=O)NCN=C=O.CCO.CCO.CCO.CCOC(=O)NCN=C=O.O=C=NCN=C=O. The van der Waals surface area contributed by atoms with Crippen LogP contribution >= 0.6 is 0 Å². The summed E-state index contributed by atoms with van der Waals surface area (Å²) in [5.74, 6) is 0. The van der Waals surface area contributed by atoms with Gasteiger partial charge in [0.15, 0.2) is 6.67 Å². The van der Waals surface area contributed by atoms with Crippen LogP contribution in [0.25, 0.3) is 0 Å². The van der Waals surface area contributed by atoms with Gasteiger partial charge in [0.1, 0.15) is 13.3 Å². The minimum absolute atomic E-state index is 0. The van der Waals surface area contributed by atoms with Gasteiger partial charge in [-0.05, 0) is 41.0 Å². The Balaban J connectivity index is -0.0000000481. The fourth-order valence-corrected chi connectivity index (χ4v) is 1.49. The average molecular weight is 740 g/mol. The molecular formula is C34H73N7O10. The van der Waals surface area contributed by atoms with Crippen LogP contribution in [-0.4, -0.2) is 105 Å². The number of ether oxygens (including phenoxy) is 1. The largest absolute Gasteiger partial charge is 0.450 e. The molecule has 0 rings (SSSR count). The van der Waals surface area contributed by atoms with Gasteiger partial charge in [-0.3, -0.25) is 0 Å². The molecule has 0 bridgehead atoms. The molecule has 0 aliphatic heterocycles. The molecule has 0 unspecified atom stereocenters. The van der Waals surface area contributed by atoms with Gasteiger partial charge in [0.2, 0.25) is 24.3 Å². The highest BCUT2D eigenvalue weighted by atomic mass is 16.5. The summed E-state index contributed by atoms with van der Waals surface area (Å²) in [6, 6.07) is -0.332. The van der Waals surface area contributed by atoms with E-state index in [4.69, 9.17) is 15.3 Å². The van der Waals surface area contributed by atoms with E-state index in [9.17, 15) is 28.8 Å². The van der Waals surface area contributed by atoms with E-state index in [1.807, 2.05) is 6.08 Å². The van der Waals surface area contributed by atoms with Gasteiger partial charge in [-0.1, -0.05) is 86.6 Å². The Labute approximate surface area is 308 Å². The van der Waals surface area contributed by atoms with Gasteiger partial charge in [0.05, 0.1) is 6.61 Å². The third kappa shape index (κ3) is 204. The maximum absolute atomic E-state index is 10.5. The number of isocyanates is 4. The average Bonchev–Trinajstić information content (AvgIpc) is 3.09. The van der Waals surface area contributed by atoms with Crippen molar-refractivity contribution in [2.75, 3.05) is 53.0 Å². The molecule has 0 aliphatic carbocycles. The number of amides is 3.